The van der Waals surface area contributed by atoms with Crippen LogP contribution in [0.4, 0.5) is 0 Å². The van der Waals surface area contributed by atoms with Crippen molar-refractivity contribution < 1.29 is 4.74 Å². The SMILES string of the molecule is COc1ccc(Cl)cc1CNCC=C(C)C. The first-order chi connectivity index (χ1) is 7.63. The third-order valence-electron chi connectivity index (χ3n) is 2.21. The Bertz CT molecular complexity index is 370. The van der Waals surface area contributed by atoms with Crippen molar-refractivity contribution in [3.05, 3.63) is 40.4 Å². The molecule has 0 unspecified atom stereocenters. The van der Waals surface area contributed by atoms with Crippen LogP contribution in [0.1, 0.15) is 19.4 Å². The first-order valence-corrected chi connectivity index (χ1v) is 5.67. The van der Waals surface area contributed by atoms with Crippen LogP contribution in [0.2, 0.25) is 5.02 Å². The molecule has 88 valence electrons. The maximum atomic E-state index is 5.94. The third-order valence-corrected chi connectivity index (χ3v) is 2.45. The van der Waals surface area contributed by atoms with Gasteiger partial charge in [-0.1, -0.05) is 23.3 Å². The number of benzene rings is 1. The molecule has 0 radical (unpaired) electrons. The second kappa shape index (κ2) is 6.56. The molecular weight excluding hydrogens is 222 g/mol. The van der Waals surface area contributed by atoms with Crippen molar-refractivity contribution in [1.82, 2.24) is 5.32 Å². The second-order valence-corrected chi connectivity index (χ2v) is 4.30. The summed E-state index contributed by atoms with van der Waals surface area (Å²) in [7, 11) is 1.67. The molecule has 0 aliphatic carbocycles. The summed E-state index contributed by atoms with van der Waals surface area (Å²) in [5, 5.41) is 4.06. The molecule has 1 N–H and O–H groups in total. The minimum Gasteiger partial charge on any atom is -0.496 e. The van der Waals surface area contributed by atoms with Gasteiger partial charge in [0.2, 0.25) is 0 Å². The summed E-state index contributed by atoms with van der Waals surface area (Å²) in [5.74, 6) is 0.870. The number of nitrogens with one attached hydrogen (secondary N) is 1. The Balaban J connectivity index is 2.58. The van der Waals surface area contributed by atoms with E-state index in [1.807, 2.05) is 18.2 Å². The van der Waals surface area contributed by atoms with E-state index in [4.69, 9.17) is 16.3 Å². The molecule has 0 fully saturated rings. The predicted molar refractivity (Wildman–Crippen MR) is 69.1 cm³/mol. The van der Waals surface area contributed by atoms with Crippen molar-refractivity contribution in [2.45, 2.75) is 20.4 Å². The van der Waals surface area contributed by atoms with Crippen LogP contribution in [-0.4, -0.2) is 13.7 Å². The second-order valence-electron chi connectivity index (χ2n) is 3.87. The van der Waals surface area contributed by atoms with Gasteiger partial charge < -0.3 is 10.1 Å². The van der Waals surface area contributed by atoms with Gasteiger partial charge in [-0.3, -0.25) is 0 Å². The van der Waals surface area contributed by atoms with Crippen molar-refractivity contribution in [3.8, 4) is 5.75 Å². The molecule has 1 rings (SSSR count). The Morgan fingerprint density at radius 1 is 1.44 bits per heavy atom. The van der Waals surface area contributed by atoms with E-state index < -0.39 is 0 Å². The van der Waals surface area contributed by atoms with E-state index in [-0.39, 0.29) is 0 Å². The fourth-order valence-electron chi connectivity index (χ4n) is 1.37. The molecule has 0 bridgehead atoms. The van der Waals surface area contributed by atoms with Gasteiger partial charge in [0.25, 0.3) is 0 Å². The monoisotopic (exact) mass is 239 g/mol. The molecular formula is C13H18ClNO. The summed E-state index contributed by atoms with van der Waals surface area (Å²) in [6, 6.07) is 5.65. The van der Waals surface area contributed by atoms with Crippen LogP contribution in [0.5, 0.6) is 5.75 Å². The van der Waals surface area contributed by atoms with Crippen molar-refractivity contribution in [2.75, 3.05) is 13.7 Å². The first-order valence-electron chi connectivity index (χ1n) is 5.30. The average Bonchev–Trinajstić information content (AvgIpc) is 2.24. The van der Waals surface area contributed by atoms with Crippen LogP contribution in [0, 0.1) is 0 Å². The van der Waals surface area contributed by atoms with Crippen molar-refractivity contribution in [1.29, 1.82) is 0 Å². The number of allylic oxidation sites excluding steroid dienone is 1. The van der Waals surface area contributed by atoms with Crippen LogP contribution in [-0.2, 0) is 6.54 Å². The molecule has 3 heteroatoms. The lowest BCUT2D eigenvalue weighted by molar-refractivity contribution is 0.408. The van der Waals surface area contributed by atoms with Gasteiger partial charge in [-0.05, 0) is 32.0 Å². The normalized spacial score (nSPS) is 10.0. The standard InChI is InChI=1S/C13H18ClNO/c1-10(2)6-7-15-9-11-8-12(14)4-5-13(11)16-3/h4-6,8,15H,7,9H2,1-3H3. The highest BCUT2D eigenvalue weighted by atomic mass is 35.5. The maximum absolute atomic E-state index is 5.94. The molecule has 0 aliphatic rings. The zero-order valence-corrected chi connectivity index (χ0v) is 10.8. The molecule has 0 amide bonds. The molecule has 2 nitrogen and oxygen atoms in total. The molecule has 0 aliphatic heterocycles. The lowest BCUT2D eigenvalue weighted by atomic mass is 10.2. The quantitative estimate of drug-likeness (QED) is 0.628. The van der Waals surface area contributed by atoms with E-state index in [0.717, 1.165) is 29.4 Å². The lowest BCUT2D eigenvalue weighted by Crippen LogP contribution is -2.13. The molecule has 1 aromatic carbocycles. The predicted octanol–water partition coefficient (Wildman–Crippen LogP) is 3.40. The lowest BCUT2D eigenvalue weighted by Gasteiger charge is -2.09. The van der Waals surface area contributed by atoms with Gasteiger partial charge in [0, 0.05) is 23.7 Å². The van der Waals surface area contributed by atoms with E-state index in [0.29, 0.717) is 0 Å². The Morgan fingerprint density at radius 2 is 2.19 bits per heavy atom. The minimum absolute atomic E-state index is 0.736. The molecule has 0 aromatic heterocycles. The van der Waals surface area contributed by atoms with Crippen LogP contribution in [0.25, 0.3) is 0 Å². The molecule has 0 saturated heterocycles. The van der Waals surface area contributed by atoms with E-state index in [1.165, 1.54) is 5.57 Å². The van der Waals surface area contributed by atoms with Crippen LogP contribution in [0.3, 0.4) is 0 Å². The summed E-state index contributed by atoms with van der Waals surface area (Å²) in [5.41, 5.74) is 2.39. The smallest absolute Gasteiger partial charge is 0.123 e. The molecule has 0 spiro atoms. The fraction of sp³-hybridized carbons (Fsp3) is 0.385. The number of hydrogen-bond acceptors (Lipinski definition) is 2. The van der Waals surface area contributed by atoms with Crippen molar-refractivity contribution in [2.24, 2.45) is 0 Å². The minimum atomic E-state index is 0.736. The van der Waals surface area contributed by atoms with Gasteiger partial charge >= 0.3 is 0 Å². The number of methoxy groups -OCH3 is 1. The molecule has 0 saturated carbocycles. The Morgan fingerprint density at radius 3 is 2.81 bits per heavy atom. The Kier molecular flexibility index (Phi) is 5.36. The largest absolute Gasteiger partial charge is 0.496 e. The van der Waals surface area contributed by atoms with E-state index in [9.17, 15) is 0 Å². The molecule has 0 atom stereocenters. The highest BCUT2D eigenvalue weighted by molar-refractivity contribution is 6.30. The van der Waals surface area contributed by atoms with E-state index in [1.54, 1.807) is 7.11 Å². The van der Waals surface area contributed by atoms with E-state index in [2.05, 4.69) is 25.2 Å². The number of rotatable bonds is 5. The van der Waals surface area contributed by atoms with Gasteiger partial charge in [0.1, 0.15) is 5.75 Å². The summed E-state index contributed by atoms with van der Waals surface area (Å²) < 4.78 is 5.26. The average molecular weight is 240 g/mol. The molecule has 1 aromatic rings. The van der Waals surface area contributed by atoms with Crippen LogP contribution < -0.4 is 10.1 Å². The van der Waals surface area contributed by atoms with Crippen molar-refractivity contribution in [3.63, 3.8) is 0 Å². The summed E-state index contributed by atoms with van der Waals surface area (Å²) in [4.78, 5) is 0. The summed E-state index contributed by atoms with van der Waals surface area (Å²) in [6.45, 7) is 5.79. The third kappa shape index (κ3) is 4.25. The topological polar surface area (TPSA) is 21.3 Å². The Hall–Kier alpha value is -0.990. The summed E-state index contributed by atoms with van der Waals surface area (Å²) >= 11 is 5.94. The highest BCUT2D eigenvalue weighted by Crippen LogP contribution is 2.22. The number of ether oxygens (including phenoxy) is 1. The molecule has 16 heavy (non-hydrogen) atoms. The maximum Gasteiger partial charge on any atom is 0.123 e. The summed E-state index contributed by atoms with van der Waals surface area (Å²) in [6.07, 6.45) is 2.15. The highest BCUT2D eigenvalue weighted by Gasteiger charge is 2.02. The Labute approximate surface area is 102 Å². The van der Waals surface area contributed by atoms with Crippen LogP contribution >= 0.6 is 11.6 Å². The molecule has 0 heterocycles. The van der Waals surface area contributed by atoms with Gasteiger partial charge in [0.05, 0.1) is 7.11 Å². The van der Waals surface area contributed by atoms with Gasteiger partial charge in [-0.25, -0.2) is 0 Å². The number of hydrogen-bond donors (Lipinski definition) is 1. The van der Waals surface area contributed by atoms with Crippen LogP contribution in [0.15, 0.2) is 29.8 Å². The van der Waals surface area contributed by atoms with Crippen molar-refractivity contribution >= 4 is 11.6 Å². The first kappa shape index (κ1) is 13.1. The van der Waals surface area contributed by atoms with Gasteiger partial charge in [-0.2, -0.15) is 0 Å². The zero-order valence-electron chi connectivity index (χ0n) is 10.0. The van der Waals surface area contributed by atoms with E-state index >= 15 is 0 Å². The van der Waals surface area contributed by atoms with Gasteiger partial charge in [0.15, 0.2) is 0 Å². The fourth-order valence-corrected chi connectivity index (χ4v) is 1.56. The zero-order chi connectivity index (χ0) is 12.0. The van der Waals surface area contributed by atoms with Gasteiger partial charge in [-0.15, -0.1) is 0 Å². The number of halogens is 1.